The number of nitrogens with one attached hydrogen (secondary N) is 1. The predicted octanol–water partition coefficient (Wildman–Crippen LogP) is 4.70. The van der Waals surface area contributed by atoms with Crippen molar-refractivity contribution in [3.05, 3.63) is 45.8 Å². The Morgan fingerprint density at radius 2 is 2.00 bits per heavy atom. The largest absolute Gasteiger partial charge is 0.465 e. The van der Waals surface area contributed by atoms with Crippen molar-refractivity contribution in [2.75, 3.05) is 31.8 Å². The van der Waals surface area contributed by atoms with E-state index in [0.29, 0.717) is 16.1 Å². The molecule has 152 valence electrons. The number of anilines is 1. The topological polar surface area (TPSA) is 58.6 Å². The van der Waals surface area contributed by atoms with Crippen LogP contribution in [0.2, 0.25) is 0 Å². The number of rotatable bonds is 6. The third-order valence-electron chi connectivity index (χ3n) is 4.64. The number of hydrogen-bond acceptors (Lipinski definition) is 6. The number of hydrogen-bond donors (Lipinski definition) is 1. The molecule has 1 aromatic carbocycles. The lowest BCUT2D eigenvalue weighted by Crippen LogP contribution is -2.30. The highest BCUT2D eigenvalue weighted by Gasteiger charge is 2.29. The van der Waals surface area contributed by atoms with Crippen molar-refractivity contribution in [2.24, 2.45) is 0 Å². The number of halogens is 1. The van der Waals surface area contributed by atoms with Gasteiger partial charge in [-0.2, -0.15) is 0 Å². The molecule has 1 amide bonds. The molecule has 3 rings (SSSR count). The van der Waals surface area contributed by atoms with E-state index >= 15 is 0 Å². The zero-order chi connectivity index (χ0) is 19.4. The molecule has 0 spiro atoms. The molecule has 8 heteroatoms. The van der Waals surface area contributed by atoms with Gasteiger partial charge in [0.1, 0.15) is 5.00 Å². The highest BCUT2D eigenvalue weighted by Crippen LogP contribution is 2.38. The van der Waals surface area contributed by atoms with Gasteiger partial charge in [0.15, 0.2) is 0 Å². The lowest BCUT2D eigenvalue weighted by atomic mass is 10.0. The lowest BCUT2D eigenvalue weighted by molar-refractivity contribution is 0.0600. The zero-order valence-electron chi connectivity index (χ0n) is 16.2. The van der Waals surface area contributed by atoms with Gasteiger partial charge in [-0.15, -0.1) is 35.5 Å². The third-order valence-corrected chi connectivity index (χ3v) is 6.52. The first-order chi connectivity index (χ1) is 13.1. The second kappa shape index (κ2) is 10.3. The van der Waals surface area contributed by atoms with Crippen molar-refractivity contribution in [1.29, 1.82) is 0 Å². The first kappa shape index (κ1) is 22.7. The van der Waals surface area contributed by atoms with Gasteiger partial charge in [0.05, 0.1) is 12.7 Å². The van der Waals surface area contributed by atoms with E-state index in [2.05, 4.69) is 17.1 Å². The maximum Gasteiger partial charge on any atom is 0.341 e. The van der Waals surface area contributed by atoms with Crippen LogP contribution < -0.4 is 5.32 Å². The van der Waals surface area contributed by atoms with Gasteiger partial charge in [-0.3, -0.25) is 9.69 Å². The number of ether oxygens (including phenoxy) is 1. The van der Waals surface area contributed by atoms with E-state index in [-0.39, 0.29) is 24.3 Å². The first-order valence-corrected chi connectivity index (χ1v) is 11.0. The summed E-state index contributed by atoms with van der Waals surface area (Å²) in [6.45, 7) is 4.94. The smallest absolute Gasteiger partial charge is 0.341 e. The normalized spacial score (nSPS) is 13.4. The summed E-state index contributed by atoms with van der Waals surface area (Å²) >= 11 is 3.12. The summed E-state index contributed by atoms with van der Waals surface area (Å²) in [5.74, 6) is -0.596. The van der Waals surface area contributed by atoms with Crippen LogP contribution in [0, 0.1) is 0 Å². The van der Waals surface area contributed by atoms with Gasteiger partial charge in [-0.05, 0) is 55.5 Å². The van der Waals surface area contributed by atoms with Gasteiger partial charge >= 0.3 is 5.97 Å². The molecular weight excluding hydrogens is 416 g/mol. The minimum Gasteiger partial charge on any atom is -0.465 e. The Labute approximate surface area is 180 Å². The van der Waals surface area contributed by atoms with E-state index in [1.54, 1.807) is 23.9 Å². The van der Waals surface area contributed by atoms with Crippen molar-refractivity contribution in [3.63, 3.8) is 0 Å². The Balaban J connectivity index is 0.00000280. The van der Waals surface area contributed by atoms with Crippen LogP contribution in [-0.4, -0.2) is 43.2 Å². The summed E-state index contributed by atoms with van der Waals surface area (Å²) in [6.07, 6.45) is 3.89. The molecule has 0 atom stereocenters. The number of esters is 1. The van der Waals surface area contributed by atoms with E-state index in [1.807, 2.05) is 18.4 Å². The van der Waals surface area contributed by atoms with Gasteiger partial charge in [0.2, 0.25) is 0 Å². The number of amides is 1. The van der Waals surface area contributed by atoms with Gasteiger partial charge in [0, 0.05) is 28.4 Å². The minimum atomic E-state index is -0.385. The van der Waals surface area contributed by atoms with Crippen molar-refractivity contribution in [2.45, 2.75) is 31.2 Å². The number of thiophene rings is 1. The van der Waals surface area contributed by atoms with E-state index in [1.165, 1.54) is 18.4 Å². The van der Waals surface area contributed by atoms with Crippen molar-refractivity contribution in [3.8, 4) is 0 Å². The molecule has 5 nitrogen and oxygen atoms in total. The van der Waals surface area contributed by atoms with Gasteiger partial charge in [-0.25, -0.2) is 4.79 Å². The molecule has 2 aromatic rings. The van der Waals surface area contributed by atoms with E-state index < -0.39 is 0 Å². The minimum absolute atomic E-state index is 0. The molecule has 0 radical (unpaired) electrons. The summed E-state index contributed by atoms with van der Waals surface area (Å²) in [4.78, 5) is 29.7. The quantitative estimate of drug-likeness (QED) is 0.521. The summed E-state index contributed by atoms with van der Waals surface area (Å²) in [7, 11) is 1.38. The third kappa shape index (κ3) is 4.89. The molecule has 1 N–H and O–H groups in total. The molecule has 0 saturated carbocycles. The van der Waals surface area contributed by atoms with Gasteiger partial charge in [0.25, 0.3) is 5.91 Å². The maximum absolute atomic E-state index is 12.7. The molecular formula is C20H25ClN2O3S2. The maximum atomic E-state index is 12.7. The summed E-state index contributed by atoms with van der Waals surface area (Å²) in [6, 6.07) is 7.44. The Morgan fingerprint density at radius 1 is 1.29 bits per heavy atom. The Morgan fingerprint density at radius 3 is 2.61 bits per heavy atom. The van der Waals surface area contributed by atoms with Crippen LogP contribution in [0.5, 0.6) is 0 Å². The van der Waals surface area contributed by atoms with Crippen LogP contribution in [0.1, 0.15) is 44.5 Å². The number of carbonyl (C=O) groups is 2. The number of carbonyl (C=O) groups excluding carboxylic acids is 2. The Hall–Kier alpha value is -1.54. The number of thioether (sulfide) groups is 1. The molecule has 0 aliphatic carbocycles. The van der Waals surface area contributed by atoms with Crippen LogP contribution in [0.25, 0.3) is 0 Å². The molecule has 0 fully saturated rings. The van der Waals surface area contributed by atoms with Crippen LogP contribution in [-0.2, 0) is 17.7 Å². The van der Waals surface area contributed by atoms with Gasteiger partial charge < -0.3 is 10.1 Å². The standard InChI is InChI=1S/C20H24N2O3S2.ClH/c1-4-10-22-11-9-15-16(12-22)27-19(17(15)20(24)25-2)21-18(23)13-5-7-14(26-3)8-6-13;/h5-8H,4,9-12H2,1-3H3,(H,21,23);1H. The molecule has 1 aromatic heterocycles. The number of benzene rings is 1. The molecule has 0 saturated heterocycles. The molecule has 2 heterocycles. The lowest BCUT2D eigenvalue weighted by Gasteiger charge is -2.26. The number of fused-ring (bicyclic) bond motifs is 1. The molecule has 28 heavy (non-hydrogen) atoms. The monoisotopic (exact) mass is 440 g/mol. The highest BCUT2D eigenvalue weighted by atomic mass is 35.5. The second-order valence-corrected chi connectivity index (χ2v) is 8.39. The average molecular weight is 441 g/mol. The molecule has 0 unspecified atom stereocenters. The van der Waals surface area contributed by atoms with Crippen LogP contribution >= 0.6 is 35.5 Å². The number of methoxy groups -OCH3 is 1. The van der Waals surface area contributed by atoms with Crippen molar-refractivity contribution in [1.82, 2.24) is 4.90 Å². The number of nitrogens with zero attached hydrogens (tertiary/aromatic N) is 1. The first-order valence-electron chi connectivity index (χ1n) is 8.98. The molecule has 1 aliphatic heterocycles. The molecule has 0 bridgehead atoms. The van der Waals surface area contributed by atoms with Crippen LogP contribution in [0.3, 0.4) is 0 Å². The Bertz CT molecular complexity index is 837. The predicted molar refractivity (Wildman–Crippen MR) is 118 cm³/mol. The fraction of sp³-hybridized carbons (Fsp3) is 0.400. The second-order valence-electron chi connectivity index (χ2n) is 6.41. The molecule has 1 aliphatic rings. The zero-order valence-corrected chi connectivity index (χ0v) is 18.7. The Kier molecular flexibility index (Phi) is 8.37. The van der Waals surface area contributed by atoms with E-state index in [9.17, 15) is 9.59 Å². The summed E-state index contributed by atoms with van der Waals surface area (Å²) in [5.41, 5.74) is 2.11. The SMILES string of the molecule is CCCN1CCc2c(sc(NC(=O)c3ccc(SC)cc3)c2C(=O)OC)C1.Cl. The fourth-order valence-corrected chi connectivity index (χ4v) is 4.97. The van der Waals surface area contributed by atoms with Crippen LogP contribution in [0.4, 0.5) is 5.00 Å². The fourth-order valence-electron chi connectivity index (χ4n) is 3.29. The van der Waals surface area contributed by atoms with Crippen molar-refractivity contribution < 1.29 is 14.3 Å². The van der Waals surface area contributed by atoms with E-state index in [4.69, 9.17) is 4.74 Å². The average Bonchev–Trinajstić information content (AvgIpc) is 3.04. The van der Waals surface area contributed by atoms with Gasteiger partial charge in [-0.1, -0.05) is 6.92 Å². The summed E-state index contributed by atoms with van der Waals surface area (Å²) < 4.78 is 4.99. The van der Waals surface area contributed by atoms with Crippen molar-refractivity contribution >= 4 is 52.4 Å². The highest BCUT2D eigenvalue weighted by molar-refractivity contribution is 7.98. The van der Waals surface area contributed by atoms with Crippen LogP contribution in [0.15, 0.2) is 29.2 Å². The van der Waals surface area contributed by atoms with E-state index in [0.717, 1.165) is 47.8 Å². The summed E-state index contributed by atoms with van der Waals surface area (Å²) in [5, 5.41) is 3.52.